The third kappa shape index (κ3) is 4.75. The van der Waals surface area contributed by atoms with Crippen LogP contribution < -0.4 is 10.6 Å². The Hall–Kier alpha value is -2.03. The van der Waals surface area contributed by atoms with Crippen molar-refractivity contribution >= 4 is 40.9 Å². The van der Waals surface area contributed by atoms with E-state index in [0.717, 1.165) is 28.9 Å². The van der Waals surface area contributed by atoms with Crippen molar-refractivity contribution in [2.45, 2.75) is 19.9 Å². The first kappa shape index (κ1) is 19.3. The van der Waals surface area contributed by atoms with Crippen molar-refractivity contribution in [1.82, 2.24) is 10.6 Å². The van der Waals surface area contributed by atoms with Gasteiger partial charge in [-0.25, -0.2) is 4.39 Å². The molecule has 0 bridgehead atoms. The smallest absolute Gasteiger partial charge is 0.191 e. The average Bonchev–Trinajstić information content (AvgIpc) is 3.20. The van der Waals surface area contributed by atoms with E-state index >= 15 is 0 Å². The number of hydrogen-bond acceptors (Lipinski definition) is 3. The molecule has 0 atom stereocenters. The van der Waals surface area contributed by atoms with Crippen LogP contribution >= 0.6 is 24.0 Å². The molecule has 0 spiro atoms. The molecule has 2 heterocycles. The van der Waals surface area contributed by atoms with Gasteiger partial charge in [0.2, 0.25) is 0 Å². The monoisotopic (exact) mass is 457 g/mol. The molecule has 0 aliphatic heterocycles. The van der Waals surface area contributed by atoms with E-state index in [1.54, 1.807) is 19.4 Å². The summed E-state index contributed by atoms with van der Waals surface area (Å²) in [7, 11) is 1.71. The first-order valence-electron chi connectivity index (χ1n) is 7.82. The molecule has 2 aromatic heterocycles. The molecule has 5 nitrogen and oxygen atoms in total. The van der Waals surface area contributed by atoms with Gasteiger partial charge in [0.05, 0.1) is 12.8 Å². The highest BCUT2D eigenvalue weighted by Crippen LogP contribution is 2.25. The van der Waals surface area contributed by atoms with E-state index in [2.05, 4.69) is 15.6 Å². The standard InChI is InChI=1S/C18H20FN3O2.HI/c1-12-15-10-13(19)5-6-16(15)24-17(12)11-22-18(20-2)21-8-7-14-4-3-9-23-14;/h3-6,9-10H,7-8,11H2,1-2H3,(H2,20,21,22);1H. The predicted octanol–water partition coefficient (Wildman–Crippen LogP) is 4.00. The van der Waals surface area contributed by atoms with E-state index in [4.69, 9.17) is 8.83 Å². The summed E-state index contributed by atoms with van der Waals surface area (Å²) in [5, 5.41) is 7.22. The van der Waals surface area contributed by atoms with Crippen LogP contribution in [0.1, 0.15) is 17.1 Å². The number of nitrogens with one attached hydrogen (secondary N) is 2. The first-order chi connectivity index (χ1) is 11.7. The number of fused-ring (bicyclic) bond motifs is 1. The number of aryl methyl sites for hydroxylation is 1. The Labute approximate surface area is 162 Å². The molecule has 0 saturated carbocycles. The third-order valence-electron chi connectivity index (χ3n) is 3.88. The van der Waals surface area contributed by atoms with Crippen LogP contribution in [0.3, 0.4) is 0 Å². The minimum absolute atomic E-state index is 0. The van der Waals surface area contributed by atoms with Gasteiger partial charge >= 0.3 is 0 Å². The Kier molecular flexibility index (Phi) is 6.86. The molecule has 134 valence electrons. The van der Waals surface area contributed by atoms with Crippen LogP contribution in [-0.2, 0) is 13.0 Å². The molecule has 3 rings (SSSR count). The number of benzene rings is 1. The Morgan fingerprint density at radius 1 is 1.24 bits per heavy atom. The molecule has 2 N–H and O–H groups in total. The highest BCUT2D eigenvalue weighted by atomic mass is 127. The first-order valence-corrected chi connectivity index (χ1v) is 7.82. The molecule has 0 aliphatic rings. The van der Waals surface area contributed by atoms with Crippen molar-refractivity contribution in [3.63, 3.8) is 0 Å². The van der Waals surface area contributed by atoms with Gasteiger partial charge in [-0.1, -0.05) is 0 Å². The van der Waals surface area contributed by atoms with Crippen LogP contribution in [0, 0.1) is 12.7 Å². The van der Waals surface area contributed by atoms with Crippen molar-refractivity contribution in [2.24, 2.45) is 4.99 Å². The van der Waals surface area contributed by atoms with Crippen LogP contribution in [0.2, 0.25) is 0 Å². The maximum Gasteiger partial charge on any atom is 0.191 e. The zero-order chi connectivity index (χ0) is 16.9. The molecule has 1 aromatic carbocycles. The number of hydrogen-bond donors (Lipinski definition) is 2. The quantitative estimate of drug-likeness (QED) is 0.346. The molecule has 0 amide bonds. The van der Waals surface area contributed by atoms with E-state index in [1.165, 1.54) is 12.1 Å². The summed E-state index contributed by atoms with van der Waals surface area (Å²) < 4.78 is 24.4. The number of halogens is 2. The lowest BCUT2D eigenvalue weighted by Gasteiger charge is -2.10. The van der Waals surface area contributed by atoms with Crippen LogP contribution in [-0.4, -0.2) is 19.6 Å². The Morgan fingerprint density at radius 2 is 2.08 bits per heavy atom. The fourth-order valence-corrected chi connectivity index (χ4v) is 2.56. The van der Waals surface area contributed by atoms with Gasteiger partial charge in [-0.05, 0) is 37.3 Å². The van der Waals surface area contributed by atoms with Gasteiger partial charge in [-0.2, -0.15) is 0 Å². The summed E-state index contributed by atoms with van der Waals surface area (Å²) in [5.74, 6) is 2.10. The molecular formula is C18H21FIN3O2. The summed E-state index contributed by atoms with van der Waals surface area (Å²) in [6.45, 7) is 3.11. The summed E-state index contributed by atoms with van der Waals surface area (Å²) in [6.07, 6.45) is 2.44. The van der Waals surface area contributed by atoms with Crippen LogP contribution in [0.4, 0.5) is 4.39 Å². The van der Waals surface area contributed by atoms with Gasteiger partial charge in [0.1, 0.15) is 22.9 Å². The van der Waals surface area contributed by atoms with Crippen molar-refractivity contribution in [2.75, 3.05) is 13.6 Å². The van der Waals surface area contributed by atoms with E-state index in [1.807, 2.05) is 19.1 Å². The SMILES string of the molecule is CN=C(NCCc1ccco1)NCc1oc2ccc(F)cc2c1C.I. The van der Waals surface area contributed by atoms with Gasteiger partial charge in [0.25, 0.3) is 0 Å². The van der Waals surface area contributed by atoms with Gasteiger partial charge in [-0.3, -0.25) is 4.99 Å². The number of nitrogens with zero attached hydrogens (tertiary/aromatic N) is 1. The number of aliphatic imine (C=N–C) groups is 1. The molecular weight excluding hydrogens is 436 g/mol. The van der Waals surface area contributed by atoms with Gasteiger partial charge in [0.15, 0.2) is 5.96 Å². The van der Waals surface area contributed by atoms with Gasteiger partial charge < -0.3 is 19.5 Å². The normalized spacial score (nSPS) is 11.4. The lowest BCUT2D eigenvalue weighted by molar-refractivity contribution is 0.505. The molecule has 0 saturated heterocycles. The second-order valence-electron chi connectivity index (χ2n) is 5.47. The highest BCUT2D eigenvalue weighted by molar-refractivity contribution is 14.0. The van der Waals surface area contributed by atoms with Crippen LogP contribution in [0.5, 0.6) is 0 Å². The number of rotatable bonds is 5. The fourth-order valence-electron chi connectivity index (χ4n) is 2.56. The predicted molar refractivity (Wildman–Crippen MR) is 107 cm³/mol. The average molecular weight is 457 g/mol. The second kappa shape index (κ2) is 8.89. The minimum Gasteiger partial charge on any atom is -0.469 e. The summed E-state index contributed by atoms with van der Waals surface area (Å²) in [4.78, 5) is 4.18. The van der Waals surface area contributed by atoms with Crippen LogP contribution in [0.15, 0.2) is 50.4 Å². The summed E-state index contributed by atoms with van der Waals surface area (Å²) in [5.41, 5.74) is 1.62. The zero-order valence-corrected chi connectivity index (χ0v) is 16.5. The van der Waals surface area contributed by atoms with E-state index in [0.29, 0.717) is 24.6 Å². The van der Waals surface area contributed by atoms with Gasteiger partial charge in [-0.15, -0.1) is 24.0 Å². The number of furan rings is 2. The molecule has 25 heavy (non-hydrogen) atoms. The minimum atomic E-state index is -0.263. The number of guanidine groups is 1. The van der Waals surface area contributed by atoms with Gasteiger partial charge in [0, 0.05) is 31.0 Å². The van der Waals surface area contributed by atoms with Crippen molar-refractivity contribution in [1.29, 1.82) is 0 Å². The van der Waals surface area contributed by atoms with Crippen LogP contribution in [0.25, 0.3) is 11.0 Å². The topological polar surface area (TPSA) is 62.7 Å². The van der Waals surface area contributed by atoms with E-state index in [9.17, 15) is 4.39 Å². The molecule has 0 unspecified atom stereocenters. The zero-order valence-electron chi connectivity index (χ0n) is 14.1. The maximum absolute atomic E-state index is 13.4. The highest BCUT2D eigenvalue weighted by Gasteiger charge is 2.11. The molecule has 0 radical (unpaired) electrons. The molecule has 0 fully saturated rings. The van der Waals surface area contributed by atoms with Crippen molar-refractivity contribution < 1.29 is 13.2 Å². The molecule has 3 aromatic rings. The van der Waals surface area contributed by atoms with E-state index < -0.39 is 0 Å². The summed E-state index contributed by atoms with van der Waals surface area (Å²) >= 11 is 0. The molecule has 7 heteroatoms. The van der Waals surface area contributed by atoms with E-state index in [-0.39, 0.29) is 29.8 Å². The fraction of sp³-hybridized carbons (Fsp3) is 0.278. The third-order valence-corrected chi connectivity index (χ3v) is 3.88. The Morgan fingerprint density at radius 3 is 2.80 bits per heavy atom. The molecule has 0 aliphatic carbocycles. The lowest BCUT2D eigenvalue weighted by Crippen LogP contribution is -2.37. The van der Waals surface area contributed by atoms with Crippen molar-refractivity contribution in [3.05, 3.63) is 59.5 Å². The summed E-state index contributed by atoms with van der Waals surface area (Å²) in [6, 6.07) is 8.35. The lowest BCUT2D eigenvalue weighted by atomic mass is 10.1. The Balaban J connectivity index is 0.00000225. The maximum atomic E-state index is 13.4. The second-order valence-corrected chi connectivity index (χ2v) is 5.47. The van der Waals surface area contributed by atoms with Crippen molar-refractivity contribution in [3.8, 4) is 0 Å². The Bertz CT molecular complexity index is 844. The largest absolute Gasteiger partial charge is 0.469 e.